The van der Waals surface area contributed by atoms with Gasteiger partial charge in [-0.1, -0.05) is 0 Å². The van der Waals surface area contributed by atoms with Crippen molar-refractivity contribution in [2.45, 2.75) is 37.9 Å². The molecule has 0 bridgehead atoms. The maximum absolute atomic E-state index is 8.92. The molecule has 8 heavy (non-hydrogen) atoms. The van der Waals surface area contributed by atoms with Crippen LogP contribution in [0.25, 0.3) is 0 Å². The molecular formula is C6H12O2. The summed E-state index contributed by atoms with van der Waals surface area (Å²) in [5.41, 5.74) is 0. The van der Waals surface area contributed by atoms with Gasteiger partial charge in [0.1, 0.15) is 0 Å². The van der Waals surface area contributed by atoms with Crippen molar-refractivity contribution in [1.82, 2.24) is 0 Å². The summed E-state index contributed by atoms with van der Waals surface area (Å²) in [5.74, 6) is 0. The maximum Gasteiger partial charge on any atom is 0.0564 e. The van der Waals surface area contributed by atoms with Gasteiger partial charge >= 0.3 is 0 Å². The molecule has 0 radical (unpaired) electrons. The lowest BCUT2D eigenvalue weighted by atomic mass is 9.95. The second-order valence-corrected chi connectivity index (χ2v) is 2.47. The molecule has 2 heteroatoms. The van der Waals surface area contributed by atoms with E-state index in [-0.39, 0.29) is 12.2 Å². The molecule has 1 rings (SSSR count). The van der Waals surface area contributed by atoms with Crippen molar-refractivity contribution in [2.24, 2.45) is 0 Å². The molecule has 2 nitrogen and oxygen atoms in total. The van der Waals surface area contributed by atoms with Gasteiger partial charge in [-0.05, 0) is 25.7 Å². The minimum atomic E-state index is -0.237. The van der Waals surface area contributed by atoms with Gasteiger partial charge in [0.25, 0.3) is 0 Å². The molecule has 0 aromatic rings. The highest BCUT2D eigenvalue weighted by atomic mass is 16.3. The van der Waals surface area contributed by atoms with Crippen LogP contribution in [0.5, 0.6) is 0 Å². The van der Waals surface area contributed by atoms with Crippen LogP contribution >= 0.6 is 0 Å². The summed E-state index contributed by atoms with van der Waals surface area (Å²) in [4.78, 5) is 0. The summed E-state index contributed by atoms with van der Waals surface area (Å²) >= 11 is 0. The molecule has 1 aliphatic carbocycles. The Morgan fingerprint density at radius 1 is 1.00 bits per heavy atom. The average molecular weight is 116 g/mol. The first kappa shape index (κ1) is 6.05. The van der Waals surface area contributed by atoms with Gasteiger partial charge in [0.2, 0.25) is 0 Å². The van der Waals surface area contributed by atoms with Crippen molar-refractivity contribution in [1.29, 1.82) is 0 Å². The molecule has 2 atom stereocenters. The molecule has 1 aliphatic rings. The van der Waals surface area contributed by atoms with Crippen LogP contribution < -0.4 is 0 Å². The SMILES string of the molecule is OC1CCC[C@@H](O)C1. The maximum atomic E-state index is 8.92. The smallest absolute Gasteiger partial charge is 0.0564 e. The molecule has 1 unspecified atom stereocenters. The van der Waals surface area contributed by atoms with Crippen LogP contribution in [0, 0.1) is 0 Å². The predicted octanol–water partition coefficient (Wildman–Crippen LogP) is 0.282. The van der Waals surface area contributed by atoms with Crippen molar-refractivity contribution in [3.8, 4) is 0 Å². The highest BCUT2D eigenvalue weighted by Crippen LogP contribution is 2.17. The fourth-order valence-corrected chi connectivity index (χ4v) is 1.14. The normalized spacial score (nSPS) is 39.8. The second kappa shape index (κ2) is 2.46. The zero-order valence-corrected chi connectivity index (χ0v) is 4.88. The van der Waals surface area contributed by atoms with E-state index in [0.29, 0.717) is 6.42 Å². The Morgan fingerprint density at radius 3 is 1.75 bits per heavy atom. The summed E-state index contributed by atoms with van der Waals surface area (Å²) in [6.07, 6.45) is 2.83. The number of rotatable bonds is 0. The molecule has 0 spiro atoms. The minimum Gasteiger partial charge on any atom is -0.393 e. The van der Waals surface area contributed by atoms with Crippen LogP contribution in [0.2, 0.25) is 0 Å². The Labute approximate surface area is 49.1 Å². The lowest BCUT2D eigenvalue weighted by Gasteiger charge is -2.20. The fourth-order valence-electron chi connectivity index (χ4n) is 1.14. The molecule has 1 saturated carbocycles. The highest BCUT2D eigenvalue weighted by molar-refractivity contribution is 4.69. The van der Waals surface area contributed by atoms with E-state index >= 15 is 0 Å². The number of hydrogen-bond acceptors (Lipinski definition) is 2. The van der Waals surface area contributed by atoms with Crippen LogP contribution in [-0.4, -0.2) is 22.4 Å². The summed E-state index contributed by atoms with van der Waals surface area (Å²) in [7, 11) is 0. The topological polar surface area (TPSA) is 40.5 Å². The van der Waals surface area contributed by atoms with Crippen LogP contribution in [0.4, 0.5) is 0 Å². The number of aliphatic hydroxyl groups is 2. The highest BCUT2D eigenvalue weighted by Gasteiger charge is 2.16. The van der Waals surface area contributed by atoms with Crippen molar-refractivity contribution in [2.75, 3.05) is 0 Å². The van der Waals surface area contributed by atoms with E-state index in [0.717, 1.165) is 19.3 Å². The predicted molar refractivity (Wildman–Crippen MR) is 30.5 cm³/mol. The molecule has 0 aromatic heterocycles. The first-order valence-electron chi connectivity index (χ1n) is 3.15. The first-order valence-corrected chi connectivity index (χ1v) is 3.15. The lowest BCUT2D eigenvalue weighted by Crippen LogP contribution is -2.22. The van der Waals surface area contributed by atoms with Crippen LogP contribution in [0.1, 0.15) is 25.7 Å². The van der Waals surface area contributed by atoms with Crippen molar-refractivity contribution >= 4 is 0 Å². The monoisotopic (exact) mass is 116 g/mol. The Hall–Kier alpha value is -0.0800. The molecule has 0 amide bonds. The van der Waals surface area contributed by atoms with Gasteiger partial charge in [-0.2, -0.15) is 0 Å². The number of aliphatic hydroxyl groups excluding tert-OH is 2. The van der Waals surface area contributed by atoms with Gasteiger partial charge in [0.05, 0.1) is 12.2 Å². The molecule has 0 aromatic carbocycles. The van der Waals surface area contributed by atoms with Gasteiger partial charge in [0.15, 0.2) is 0 Å². The van der Waals surface area contributed by atoms with E-state index in [1.54, 1.807) is 0 Å². The van der Waals surface area contributed by atoms with Gasteiger partial charge in [0, 0.05) is 0 Å². The third-order valence-electron chi connectivity index (χ3n) is 1.62. The summed E-state index contributed by atoms with van der Waals surface area (Å²) in [6, 6.07) is 0. The van der Waals surface area contributed by atoms with Gasteiger partial charge in [-0.25, -0.2) is 0 Å². The second-order valence-electron chi connectivity index (χ2n) is 2.47. The third-order valence-corrected chi connectivity index (χ3v) is 1.62. The summed E-state index contributed by atoms with van der Waals surface area (Å²) in [6.45, 7) is 0. The quantitative estimate of drug-likeness (QED) is 0.477. The van der Waals surface area contributed by atoms with Crippen molar-refractivity contribution in [3.05, 3.63) is 0 Å². The molecule has 0 aliphatic heterocycles. The Bertz CT molecular complexity index is 64.9. The molecule has 48 valence electrons. The van der Waals surface area contributed by atoms with E-state index in [4.69, 9.17) is 10.2 Å². The summed E-state index contributed by atoms with van der Waals surface area (Å²) in [5, 5.41) is 17.8. The standard InChI is InChI=1S/C6H12O2/c7-5-2-1-3-6(8)4-5/h5-8H,1-4H2/t5-,6?/m1/s1. The van der Waals surface area contributed by atoms with Gasteiger partial charge < -0.3 is 10.2 Å². The van der Waals surface area contributed by atoms with E-state index in [1.807, 2.05) is 0 Å². The van der Waals surface area contributed by atoms with Crippen LogP contribution in [0.3, 0.4) is 0 Å². The number of hydrogen-bond donors (Lipinski definition) is 2. The summed E-state index contributed by atoms with van der Waals surface area (Å²) < 4.78 is 0. The first-order chi connectivity index (χ1) is 3.79. The zero-order valence-electron chi connectivity index (χ0n) is 4.88. The Kier molecular flexibility index (Phi) is 1.86. The van der Waals surface area contributed by atoms with Crippen molar-refractivity contribution < 1.29 is 10.2 Å². The van der Waals surface area contributed by atoms with Gasteiger partial charge in [-0.3, -0.25) is 0 Å². The van der Waals surface area contributed by atoms with Crippen molar-refractivity contribution in [3.63, 3.8) is 0 Å². The van der Waals surface area contributed by atoms with Crippen LogP contribution in [0.15, 0.2) is 0 Å². The molecule has 2 N–H and O–H groups in total. The van der Waals surface area contributed by atoms with E-state index < -0.39 is 0 Å². The average Bonchev–Trinajstić information content (AvgIpc) is 1.64. The minimum absolute atomic E-state index is 0.237. The van der Waals surface area contributed by atoms with Gasteiger partial charge in [-0.15, -0.1) is 0 Å². The zero-order chi connectivity index (χ0) is 5.98. The van der Waals surface area contributed by atoms with E-state index in [2.05, 4.69) is 0 Å². The Morgan fingerprint density at radius 2 is 1.50 bits per heavy atom. The largest absolute Gasteiger partial charge is 0.393 e. The van der Waals surface area contributed by atoms with E-state index in [1.165, 1.54) is 0 Å². The molecule has 0 saturated heterocycles. The van der Waals surface area contributed by atoms with Crippen LogP contribution in [-0.2, 0) is 0 Å². The Balaban J connectivity index is 2.23. The third kappa shape index (κ3) is 1.46. The molecule has 0 heterocycles. The van der Waals surface area contributed by atoms with E-state index in [9.17, 15) is 0 Å². The fraction of sp³-hybridized carbons (Fsp3) is 1.00. The molecular weight excluding hydrogens is 104 g/mol. The molecule has 1 fully saturated rings. The lowest BCUT2D eigenvalue weighted by molar-refractivity contribution is 0.0406.